The highest BCUT2D eigenvalue weighted by molar-refractivity contribution is 8.00. The number of tetrazole rings is 1. The molecule has 5 nitrogen and oxygen atoms in total. The third kappa shape index (κ3) is 2.25. The zero-order chi connectivity index (χ0) is 9.10. The summed E-state index contributed by atoms with van der Waals surface area (Å²) < 4.78 is 1.03. The fourth-order valence-corrected chi connectivity index (χ4v) is 2.27. The van der Waals surface area contributed by atoms with Crippen molar-refractivity contribution in [1.29, 1.82) is 0 Å². The van der Waals surface area contributed by atoms with Crippen LogP contribution in [0.15, 0.2) is 15.9 Å². The first kappa shape index (κ1) is 8.64. The van der Waals surface area contributed by atoms with E-state index < -0.39 is 0 Å². The van der Waals surface area contributed by atoms with E-state index in [4.69, 9.17) is 0 Å². The van der Waals surface area contributed by atoms with Gasteiger partial charge in [-0.25, -0.2) is 4.98 Å². The molecule has 0 saturated heterocycles. The van der Waals surface area contributed by atoms with Crippen molar-refractivity contribution < 1.29 is 0 Å². The van der Waals surface area contributed by atoms with E-state index in [2.05, 4.69) is 20.4 Å². The van der Waals surface area contributed by atoms with Gasteiger partial charge in [-0.3, -0.25) is 0 Å². The molecule has 0 saturated carbocycles. The number of hydrogen-bond donors (Lipinski definition) is 0. The van der Waals surface area contributed by atoms with E-state index >= 15 is 0 Å². The monoisotopic (exact) mass is 213 g/mol. The largest absolute Gasteiger partial charge is 0.238 e. The number of thiazole rings is 1. The van der Waals surface area contributed by atoms with Gasteiger partial charge in [0.05, 0.1) is 12.8 Å². The minimum Gasteiger partial charge on any atom is -0.238 e. The topological polar surface area (TPSA) is 56.5 Å². The van der Waals surface area contributed by atoms with Gasteiger partial charge in [0.15, 0.2) is 5.82 Å². The van der Waals surface area contributed by atoms with Gasteiger partial charge >= 0.3 is 0 Å². The number of nitrogens with zero attached hydrogens (tertiary/aromatic N) is 5. The van der Waals surface area contributed by atoms with Crippen LogP contribution in [0.4, 0.5) is 0 Å². The van der Waals surface area contributed by atoms with Crippen LogP contribution in [0.5, 0.6) is 0 Å². The smallest absolute Gasteiger partial charge is 0.185 e. The SMILES string of the molecule is Cn1nnc(CSc2nccs2)n1. The van der Waals surface area contributed by atoms with E-state index in [1.165, 1.54) is 4.80 Å². The second-order valence-corrected chi connectivity index (χ2v) is 4.40. The molecule has 0 fully saturated rings. The van der Waals surface area contributed by atoms with E-state index in [1.807, 2.05) is 5.38 Å². The second-order valence-electron chi connectivity index (χ2n) is 2.28. The zero-order valence-corrected chi connectivity index (χ0v) is 8.55. The molecule has 0 spiro atoms. The standard InChI is InChI=1S/C6H7N5S2/c1-11-9-5(8-10-11)4-13-6-7-2-3-12-6/h2-3H,4H2,1H3. The lowest BCUT2D eigenvalue weighted by atomic mass is 10.8. The van der Waals surface area contributed by atoms with Crippen molar-refractivity contribution in [2.75, 3.05) is 0 Å². The molecule has 0 aliphatic heterocycles. The van der Waals surface area contributed by atoms with Gasteiger partial charge in [0.1, 0.15) is 4.34 Å². The van der Waals surface area contributed by atoms with Gasteiger partial charge in [0, 0.05) is 11.6 Å². The van der Waals surface area contributed by atoms with Gasteiger partial charge in [0.25, 0.3) is 0 Å². The zero-order valence-electron chi connectivity index (χ0n) is 6.91. The molecular formula is C6H7N5S2. The molecule has 0 aliphatic rings. The van der Waals surface area contributed by atoms with Crippen molar-refractivity contribution in [2.45, 2.75) is 10.1 Å². The van der Waals surface area contributed by atoms with Crippen LogP contribution in [0.25, 0.3) is 0 Å². The quantitative estimate of drug-likeness (QED) is 0.711. The van der Waals surface area contributed by atoms with Crippen molar-refractivity contribution in [3.63, 3.8) is 0 Å². The molecule has 13 heavy (non-hydrogen) atoms. The lowest BCUT2D eigenvalue weighted by Crippen LogP contribution is -1.92. The summed E-state index contributed by atoms with van der Waals surface area (Å²) >= 11 is 3.24. The average molecular weight is 213 g/mol. The van der Waals surface area contributed by atoms with Crippen molar-refractivity contribution >= 4 is 23.1 Å². The van der Waals surface area contributed by atoms with E-state index in [-0.39, 0.29) is 0 Å². The van der Waals surface area contributed by atoms with Crippen LogP contribution in [-0.4, -0.2) is 25.2 Å². The molecular weight excluding hydrogens is 206 g/mol. The minimum atomic E-state index is 0.724. The molecule has 2 heterocycles. The predicted molar refractivity (Wildman–Crippen MR) is 50.5 cm³/mol. The second kappa shape index (κ2) is 3.84. The Kier molecular flexibility index (Phi) is 2.55. The number of rotatable bonds is 3. The molecule has 0 unspecified atom stereocenters. The van der Waals surface area contributed by atoms with Crippen LogP contribution >= 0.6 is 23.1 Å². The Morgan fingerprint density at radius 3 is 3.15 bits per heavy atom. The average Bonchev–Trinajstić information content (AvgIpc) is 2.71. The van der Waals surface area contributed by atoms with Crippen molar-refractivity contribution in [3.05, 3.63) is 17.4 Å². The lowest BCUT2D eigenvalue weighted by Gasteiger charge is -1.89. The summed E-state index contributed by atoms with van der Waals surface area (Å²) in [4.78, 5) is 5.59. The maximum atomic E-state index is 4.14. The Morgan fingerprint density at radius 1 is 1.62 bits per heavy atom. The van der Waals surface area contributed by atoms with Gasteiger partial charge in [-0.2, -0.15) is 4.80 Å². The molecule has 2 aromatic rings. The summed E-state index contributed by atoms with van der Waals surface area (Å²) in [7, 11) is 1.75. The Hall–Kier alpha value is -0.950. The van der Waals surface area contributed by atoms with Gasteiger partial charge in [-0.1, -0.05) is 11.8 Å². The number of aromatic nitrogens is 5. The summed E-state index contributed by atoms with van der Waals surface area (Å²) in [5, 5.41) is 13.6. The van der Waals surface area contributed by atoms with Crippen LogP contribution < -0.4 is 0 Å². The fraction of sp³-hybridized carbons (Fsp3) is 0.333. The van der Waals surface area contributed by atoms with Crippen LogP contribution in [-0.2, 0) is 12.8 Å². The predicted octanol–water partition coefficient (Wildman–Crippen LogP) is 0.959. The highest BCUT2D eigenvalue weighted by atomic mass is 32.2. The van der Waals surface area contributed by atoms with Gasteiger partial charge in [0.2, 0.25) is 0 Å². The van der Waals surface area contributed by atoms with Crippen LogP contribution in [0.1, 0.15) is 5.82 Å². The molecule has 0 amide bonds. The molecule has 0 N–H and O–H groups in total. The molecule has 2 aromatic heterocycles. The maximum absolute atomic E-state index is 4.14. The third-order valence-electron chi connectivity index (χ3n) is 1.28. The normalized spacial score (nSPS) is 10.5. The summed E-state index contributed by atoms with van der Waals surface area (Å²) in [6.45, 7) is 0. The van der Waals surface area contributed by atoms with E-state index in [0.29, 0.717) is 0 Å². The molecule has 2 rings (SSSR count). The van der Waals surface area contributed by atoms with E-state index in [0.717, 1.165) is 15.9 Å². The van der Waals surface area contributed by atoms with Gasteiger partial charge in [-0.15, -0.1) is 21.5 Å². The molecule has 0 radical (unpaired) electrons. The van der Waals surface area contributed by atoms with Crippen LogP contribution in [0, 0.1) is 0 Å². The molecule has 0 aliphatic carbocycles. The number of aryl methyl sites for hydroxylation is 1. The summed E-state index contributed by atoms with van der Waals surface area (Å²) in [5.74, 6) is 1.46. The number of thioether (sulfide) groups is 1. The van der Waals surface area contributed by atoms with Crippen molar-refractivity contribution in [3.8, 4) is 0 Å². The molecule has 7 heteroatoms. The molecule has 0 bridgehead atoms. The Morgan fingerprint density at radius 2 is 2.54 bits per heavy atom. The highest BCUT2D eigenvalue weighted by Crippen LogP contribution is 2.22. The first-order valence-electron chi connectivity index (χ1n) is 3.60. The fourth-order valence-electron chi connectivity index (χ4n) is 0.789. The highest BCUT2D eigenvalue weighted by Gasteiger charge is 2.02. The summed E-state index contributed by atoms with van der Waals surface area (Å²) in [5.41, 5.74) is 0. The van der Waals surface area contributed by atoms with Crippen molar-refractivity contribution in [2.24, 2.45) is 7.05 Å². The Bertz CT molecular complexity index is 368. The molecule has 0 aromatic carbocycles. The first-order valence-corrected chi connectivity index (χ1v) is 5.46. The summed E-state index contributed by atoms with van der Waals surface area (Å²) in [6, 6.07) is 0. The Balaban J connectivity index is 1.93. The maximum Gasteiger partial charge on any atom is 0.185 e. The van der Waals surface area contributed by atoms with Gasteiger partial charge < -0.3 is 0 Å². The van der Waals surface area contributed by atoms with E-state index in [1.54, 1.807) is 36.3 Å². The first-order chi connectivity index (χ1) is 6.34. The number of hydrogen-bond acceptors (Lipinski definition) is 6. The Labute approximate surface area is 83.2 Å². The lowest BCUT2D eigenvalue weighted by molar-refractivity contribution is 0.628. The van der Waals surface area contributed by atoms with Gasteiger partial charge in [-0.05, 0) is 5.21 Å². The molecule has 68 valence electrons. The summed E-state index contributed by atoms with van der Waals surface area (Å²) in [6.07, 6.45) is 1.79. The van der Waals surface area contributed by atoms with E-state index in [9.17, 15) is 0 Å². The third-order valence-corrected chi connectivity index (χ3v) is 3.25. The minimum absolute atomic E-state index is 0.724. The van der Waals surface area contributed by atoms with Crippen LogP contribution in [0.2, 0.25) is 0 Å². The van der Waals surface area contributed by atoms with Crippen LogP contribution in [0.3, 0.4) is 0 Å². The van der Waals surface area contributed by atoms with Crippen molar-refractivity contribution in [1.82, 2.24) is 25.2 Å². The molecule has 0 atom stereocenters.